The second-order valence-electron chi connectivity index (χ2n) is 3.08. The second-order valence-corrected chi connectivity index (χ2v) is 4.19. The van der Waals surface area contributed by atoms with E-state index in [-0.39, 0.29) is 5.97 Å². The summed E-state index contributed by atoms with van der Waals surface area (Å²) in [5.41, 5.74) is 0. The van der Waals surface area contributed by atoms with Crippen LogP contribution in [0.15, 0.2) is 0 Å². The predicted octanol–water partition coefficient (Wildman–Crippen LogP) is 0.225. The molecule has 0 bridgehead atoms. The molecular weight excluding hydrogens is 202 g/mol. The zero-order chi connectivity index (χ0) is 10.2. The minimum atomic E-state index is -0.142. The summed E-state index contributed by atoms with van der Waals surface area (Å²) >= 11 is 1.62. The van der Waals surface area contributed by atoms with E-state index in [9.17, 15) is 4.79 Å². The first kappa shape index (κ1) is 11.8. The molecule has 0 aromatic rings. The minimum absolute atomic E-state index is 0.142. The molecule has 0 radical (unpaired) electrons. The van der Waals surface area contributed by atoms with Gasteiger partial charge in [0.25, 0.3) is 0 Å². The van der Waals surface area contributed by atoms with Crippen molar-refractivity contribution in [2.24, 2.45) is 0 Å². The molecule has 14 heavy (non-hydrogen) atoms. The van der Waals surface area contributed by atoms with E-state index in [0.717, 1.165) is 38.6 Å². The maximum absolute atomic E-state index is 10.8. The van der Waals surface area contributed by atoms with Crippen molar-refractivity contribution in [1.29, 1.82) is 0 Å². The smallest absolute Gasteiger partial charge is 0.315 e. The molecule has 5 heteroatoms. The number of carbonyl (C=O) groups excluding carboxylic acids is 1. The highest BCUT2D eigenvalue weighted by atomic mass is 32.2. The monoisotopic (exact) mass is 219 g/mol. The zero-order valence-corrected chi connectivity index (χ0v) is 9.35. The van der Waals surface area contributed by atoms with Gasteiger partial charge < -0.3 is 9.47 Å². The molecule has 1 aliphatic rings. The van der Waals surface area contributed by atoms with Gasteiger partial charge in [0, 0.05) is 25.4 Å². The number of methoxy groups -OCH3 is 1. The van der Waals surface area contributed by atoms with E-state index in [1.54, 1.807) is 11.8 Å². The largest absolute Gasteiger partial charge is 0.468 e. The highest BCUT2D eigenvalue weighted by Gasteiger charge is 2.09. The molecule has 0 atom stereocenters. The molecule has 0 spiro atoms. The van der Waals surface area contributed by atoms with E-state index >= 15 is 0 Å². The summed E-state index contributed by atoms with van der Waals surface area (Å²) in [6.07, 6.45) is 0. The summed E-state index contributed by atoms with van der Waals surface area (Å²) in [6, 6.07) is 0. The number of nitrogens with zero attached hydrogens (tertiary/aromatic N) is 1. The van der Waals surface area contributed by atoms with Gasteiger partial charge in [-0.2, -0.15) is 0 Å². The van der Waals surface area contributed by atoms with E-state index < -0.39 is 0 Å². The Labute approximate surface area is 88.9 Å². The van der Waals surface area contributed by atoms with Crippen LogP contribution in [0.4, 0.5) is 0 Å². The summed E-state index contributed by atoms with van der Waals surface area (Å²) in [6.45, 7) is 4.73. The van der Waals surface area contributed by atoms with Crippen molar-refractivity contribution in [3.8, 4) is 0 Å². The Kier molecular flexibility index (Phi) is 5.98. The van der Waals surface area contributed by atoms with Crippen LogP contribution in [-0.4, -0.2) is 62.3 Å². The third kappa shape index (κ3) is 4.83. The van der Waals surface area contributed by atoms with Gasteiger partial charge in [-0.3, -0.25) is 9.69 Å². The van der Waals surface area contributed by atoms with Crippen molar-refractivity contribution in [2.75, 3.05) is 51.5 Å². The fourth-order valence-electron chi connectivity index (χ4n) is 1.23. The molecule has 1 saturated heterocycles. The van der Waals surface area contributed by atoms with Crippen molar-refractivity contribution in [1.82, 2.24) is 4.90 Å². The van der Waals surface area contributed by atoms with Crippen LogP contribution in [0.5, 0.6) is 0 Å². The SMILES string of the molecule is COC(=O)CSCCN1CCOCC1. The number of hydrogen-bond donors (Lipinski definition) is 0. The summed E-state index contributed by atoms with van der Waals surface area (Å²) in [5.74, 6) is 1.30. The Morgan fingerprint density at radius 2 is 2.21 bits per heavy atom. The van der Waals surface area contributed by atoms with Crippen LogP contribution in [0.2, 0.25) is 0 Å². The van der Waals surface area contributed by atoms with Gasteiger partial charge >= 0.3 is 5.97 Å². The van der Waals surface area contributed by atoms with Crippen LogP contribution < -0.4 is 0 Å². The highest BCUT2D eigenvalue weighted by Crippen LogP contribution is 2.03. The lowest BCUT2D eigenvalue weighted by molar-refractivity contribution is -0.137. The number of rotatable bonds is 5. The number of morpholine rings is 1. The van der Waals surface area contributed by atoms with Gasteiger partial charge in [-0.1, -0.05) is 0 Å². The van der Waals surface area contributed by atoms with E-state index in [4.69, 9.17) is 4.74 Å². The van der Waals surface area contributed by atoms with E-state index in [2.05, 4.69) is 9.64 Å². The van der Waals surface area contributed by atoms with Gasteiger partial charge in [0.15, 0.2) is 0 Å². The number of esters is 1. The molecule has 82 valence electrons. The van der Waals surface area contributed by atoms with Gasteiger partial charge in [-0.25, -0.2) is 0 Å². The van der Waals surface area contributed by atoms with Crippen LogP contribution in [0.1, 0.15) is 0 Å². The van der Waals surface area contributed by atoms with Crippen molar-refractivity contribution in [2.45, 2.75) is 0 Å². The Morgan fingerprint density at radius 3 is 2.86 bits per heavy atom. The third-order valence-electron chi connectivity index (χ3n) is 2.10. The summed E-state index contributed by atoms with van der Waals surface area (Å²) < 4.78 is 9.79. The molecule has 1 fully saturated rings. The lowest BCUT2D eigenvalue weighted by Crippen LogP contribution is -2.37. The van der Waals surface area contributed by atoms with Gasteiger partial charge in [0.05, 0.1) is 26.1 Å². The van der Waals surface area contributed by atoms with Crippen molar-refractivity contribution >= 4 is 17.7 Å². The molecule has 0 aliphatic carbocycles. The molecule has 0 aromatic carbocycles. The normalized spacial score (nSPS) is 18.1. The van der Waals surface area contributed by atoms with Crippen LogP contribution in [0.25, 0.3) is 0 Å². The molecule has 1 heterocycles. The van der Waals surface area contributed by atoms with Gasteiger partial charge in [-0.15, -0.1) is 11.8 Å². The minimum Gasteiger partial charge on any atom is -0.468 e. The van der Waals surface area contributed by atoms with E-state index in [1.807, 2.05) is 0 Å². The molecule has 0 N–H and O–H groups in total. The molecule has 0 aromatic heterocycles. The first-order valence-electron chi connectivity index (χ1n) is 4.77. The standard InChI is InChI=1S/C9H17NO3S/c1-12-9(11)8-14-7-4-10-2-5-13-6-3-10/h2-8H2,1H3. The average molecular weight is 219 g/mol. The Morgan fingerprint density at radius 1 is 1.50 bits per heavy atom. The number of hydrogen-bond acceptors (Lipinski definition) is 5. The molecular formula is C9H17NO3S. The van der Waals surface area contributed by atoms with Gasteiger partial charge in [0.1, 0.15) is 0 Å². The molecule has 0 saturated carbocycles. The summed E-state index contributed by atoms with van der Waals surface area (Å²) in [7, 11) is 1.42. The molecule has 0 amide bonds. The van der Waals surface area contributed by atoms with E-state index in [1.165, 1.54) is 7.11 Å². The fraction of sp³-hybridized carbons (Fsp3) is 0.889. The van der Waals surface area contributed by atoms with E-state index in [0.29, 0.717) is 5.75 Å². The second kappa shape index (κ2) is 7.09. The summed E-state index contributed by atoms with van der Waals surface area (Å²) in [4.78, 5) is 13.1. The highest BCUT2D eigenvalue weighted by molar-refractivity contribution is 7.99. The Balaban J connectivity index is 1.94. The fourth-order valence-corrected chi connectivity index (χ4v) is 2.05. The first-order valence-corrected chi connectivity index (χ1v) is 5.93. The maximum Gasteiger partial charge on any atom is 0.315 e. The number of carbonyl (C=O) groups is 1. The van der Waals surface area contributed by atoms with Gasteiger partial charge in [0.2, 0.25) is 0 Å². The average Bonchev–Trinajstić information content (AvgIpc) is 2.25. The summed E-state index contributed by atoms with van der Waals surface area (Å²) in [5, 5.41) is 0. The molecule has 1 aliphatic heterocycles. The molecule has 1 rings (SSSR count). The lowest BCUT2D eigenvalue weighted by Gasteiger charge is -2.26. The van der Waals surface area contributed by atoms with Crippen molar-refractivity contribution in [3.63, 3.8) is 0 Å². The Hall–Kier alpha value is -0.260. The van der Waals surface area contributed by atoms with Crippen LogP contribution in [0.3, 0.4) is 0 Å². The lowest BCUT2D eigenvalue weighted by atomic mass is 10.4. The van der Waals surface area contributed by atoms with Crippen molar-refractivity contribution in [3.05, 3.63) is 0 Å². The molecule has 0 unspecified atom stereocenters. The third-order valence-corrected chi connectivity index (χ3v) is 3.01. The van der Waals surface area contributed by atoms with Crippen LogP contribution in [0, 0.1) is 0 Å². The number of thioether (sulfide) groups is 1. The number of ether oxygens (including phenoxy) is 2. The molecule has 4 nitrogen and oxygen atoms in total. The van der Waals surface area contributed by atoms with Crippen LogP contribution in [-0.2, 0) is 14.3 Å². The Bertz CT molecular complexity index is 171. The van der Waals surface area contributed by atoms with Crippen LogP contribution >= 0.6 is 11.8 Å². The quantitative estimate of drug-likeness (QED) is 0.489. The van der Waals surface area contributed by atoms with Gasteiger partial charge in [-0.05, 0) is 0 Å². The van der Waals surface area contributed by atoms with Crippen molar-refractivity contribution < 1.29 is 14.3 Å². The first-order chi connectivity index (χ1) is 6.83. The zero-order valence-electron chi connectivity index (χ0n) is 8.53. The topological polar surface area (TPSA) is 38.8 Å². The predicted molar refractivity (Wildman–Crippen MR) is 56.6 cm³/mol. The maximum atomic E-state index is 10.8.